The summed E-state index contributed by atoms with van der Waals surface area (Å²) in [6.07, 6.45) is 5.74. The number of rotatable bonds is 4. The molecule has 2 heterocycles. The number of carbonyl (C=O) groups excluding carboxylic acids is 1. The zero-order valence-electron chi connectivity index (χ0n) is 13.6. The highest BCUT2D eigenvalue weighted by Crippen LogP contribution is 2.49. The number of halogens is 1. The van der Waals surface area contributed by atoms with Gasteiger partial charge in [0.25, 0.3) is 0 Å². The maximum atomic E-state index is 13.4. The third-order valence-electron chi connectivity index (χ3n) is 5.71. The Labute approximate surface area is 137 Å². The first-order valence-electron chi connectivity index (χ1n) is 9.00. The molecule has 1 aromatic carbocycles. The maximum Gasteiger partial charge on any atom is 0.226 e. The summed E-state index contributed by atoms with van der Waals surface area (Å²) in [6, 6.07) is 7.15. The molecule has 4 heteroatoms. The zero-order valence-corrected chi connectivity index (χ0v) is 13.6. The van der Waals surface area contributed by atoms with Gasteiger partial charge in [-0.2, -0.15) is 0 Å². The zero-order chi connectivity index (χ0) is 15.8. The van der Waals surface area contributed by atoms with Crippen LogP contribution in [-0.4, -0.2) is 47.9 Å². The largest absolute Gasteiger partial charge is 0.338 e. The molecule has 0 N–H and O–H groups in total. The number of hydrogen-bond donors (Lipinski definition) is 0. The molecule has 0 spiro atoms. The molecule has 1 saturated carbocycles. The van der Waals surface area contributed by atoms with Crippen LogP contribution in [0.15, 0.2) is 24.3 Å². The van der Waals surface area contributed by atoms with Gasteiger partial charge < -0.3 is 9.80 Å². The van der Waals surface area contributed by atoms with Gasteiger partial charge in [-0.25, -0.2) is 4.39 Å². The summed E-state index contributed by atoms with van der Waals surface area (Å²) in [7, 11) is 0. The molecule has 0 aromatic heterocycles. The summed E-state index contributed by atoms with van der Waals surface area (Å²) < 4.78 is 13.4. The first-order chi connectivity index (χ1) is 11.2. The molecule has 23 heavy (non-hydrogen) atoms. The van der Waals surface area contributed by atoms with Crippen LogP contribution in [0.5, 0.6) is 0 Å². The number of likely N-dealkylation sites (tertiary alicyclic amines) is 2. The quantitative estimate of drug-likeness (QED) is 0.852. The lowest BCUT2D eigenvalue weighted by Gasteiger charge is -2.28. The molecule has 124 valence electrons. The van der Waals surface area contributed by atoms with Gasteiger partial charge in [-0.1, -0.05) is 12.1 Å². The lowest BCUT2D eigenvalue weighted by atomic mass is 10.1. The first kappa shape index (κ1) is 15.1. The Hall–Kier alpha value is -1.42. The molecule has 3 aliphatic rings. The number of amides is 1. The lowest BCUT2D eigenvalue weighted by Crippen LogP contribution is -2.43. The van der Waals surface area contributed by atoms with Crippen molar-refractivity contribution in [2.24, 2.45) is 5.92 Å². The van der Waals surface area contributed by atoms with E-state index >= 15 is 0 Å². The summed E-state index contributed by atoms with van der Waals surface area (Å²) >= 11 is 0. The number of nitrogens with zero attached hydrogens (tertiary/aromatic N) is 2. The molecule has 0 unspecified atom stereocenters. The van der Waals surface area contributed by atoms with Crippen molar-refractivity contribution in [3.63, 3.8) is 0 Å². The van der Waals surface area contributed by atoms with Crippen molar-refractivity contribution in [2.45, 2.75) is 44.1 Å². The van der Waals surface area contributed by atoms with Crippen LogP contribution >= 0.6 is 0 Å². The third-order valence-corrected chi connectivity index (χ3v) is 5.71. The van der Waals surface area contributed by atoms with Crippen molar-refractivity contribution in [3.05, 3.63) is 35.6 Å². The van der Waals surface area contributed by atoms with Crippen molar-refractivity contribution < 1.29 is 9.18 Å². The summed E-state index contributed by atoms with van der Waals surface area (Å²) in [5.74, 6) is 0.414. The summed E-state index contributed by atoms with van der Waals surface area (Å²) in [4.78, 5) is 17.5. The third kappa shape index (κ3) is 3.14. The highest BCUT2D eigenvalue weighted by molar-refractivity contribution is 5.83. The average molecular weight is 316 g/mol. The minimum Gasteiger partial charge on any atom is -0.338 e. The second-order valence-corrected chi connectivity index (χ2v) is 7.34. The van der Waals surface area contributed by atoms with Crippen LogP contribution in [0.4, 0.5) is 4.39 Å². The van der Waals surface area contributed by atoms with Gasteiger partial charge in [-0.05, 0) is 68.8 Å². The highest BCUT2D eigenvalue weighted by atomic mass is 19.1. The predicted octanol–water partition coefficient (Wildman–Crippen LogP) is 3.02. The Morgan fingerprint density at radius 1 is 1.17 bits per heavy atom. The standard InChI is InChI=1S/C19H25FN2O/c20-15-6-3-5-14(11-15)17-12-18(17)19(23)22-10-4-7-16(22)13-21-8-1-2-9-21/h3,5-6,11,16-18H,1-2,4,7-10,12-13H2/t16-,17+,18+/m0/s1. The van der Waals surface area contributed by atoms with Crippen LogP contribution < -0.4 is 0 Å². The monoisotopic (exact) mass is 316 g/mol. The molecule has 1 amide bonds. The van der Waals surface area contributed by atoms with Crippen LogP contribution in [0.2, 0.25) is 0 Å². The molecular formula is C19H25FN2O. The van der Waals surface area contributed by atoms with E-state index in [0.29, 0.717) is 11.9 Å². The fourth-order valence-electron chi connectivity index (χ4n) is 4.37. The molecule has 0 bridgehead atoms. The Morgan fingerprint density at radius 3 is 2.78 bits per heavy atom. The van der Waals surface area contributed by atoms with E-state index in [4.69, 9.17) is 0 Å². The normalized spacial score (nSPS) is 30.8. The molecular weight excluding hydrogens is 291 g/mol. The number of carbonyl (C=O) groups is 1. The Morgan fingerprint density at radius 2 is 2.00 bits per heavy atom. The Balaban J connectivity index is 1.39. The molecule has 2 saturated heterocycles. The van der Waals surface area contributed by atoms with Crippen LogP contribution in [0.25, 0.3) is 0 Å². The Bertz CT molecular complexity index is 584. The van der Waals surface area contributed by atoms with Crippen molar-refractivity contribution in [2.75, 3.05) is 26.2 Å². The van der Waals surface area contributed by atoms with E-state index in [0.717, 1.165) is 37.9 Å². The van der Waals surface area contributed by atoms with Crippen LogP contribution in [0, 0.1) is 11.7 Å². The molecule has 3 nitrogen and oxygen atoms in total. The van der Waals surface area contributed by atoms with E-state index in [2.05, 4.69) is 9.80 Å². The fraction of sp³-hybridized carbons (Fsp3) is 0.632. The van der Waals surface area contributed by atoms with Crippen LogP contribution in [0.1, 0.15) is 43.6 Å². The second-order valence-electron chi connectivity index (χ2n) is 7.34. The molecule has 3 fully saturated rings. The molecule has 3 atom stereocenters. The van der Waals surface area contributed by atoms with Crippen molar-refractivity contribution in [1.82, 2.24) is 9.80 Å². The van der Waals surface area contributed by atoms with Gasteiger partial charge in [-0.3, -0.25) is 4.79 Å². The van der Waals surface area contributed by atoms with Gasteiger partial charge in [0.2, 0.25) is 5.91 Å². The first-order valence-corrected chi connectivity index (χ1v) is 9.00. The molecule has 1 aliphatic carbocycles. The van der Waals surface area contributed by atoms with Gasteiger partial charge in [0, 0.05) is 25.0 Å². The summed E-state index contributed by atoms with van der Waals surface area (Å²) in [5.41, 5.74) is 0.985. The van der Waals surface area contributed by atoms with Crippen LogP contribution in [0.3, 0.4) is 0 Å². The average Bonchev–Trinajstić information content (AvgIpc) is 2.94. The topological polar surface area (TPSA) is 23.6 Å². The van der Waals surface area contributed by atoms with Gasteiger partial charge in [0.15, 0.2) is 0 Å². The molecule has 1 aromatic rings. The van der Waals surface area contributed by atoms with Crippen molar-refractivity contribution in [1.29, 1.82) is 0 Å². The van der Waals surface area contributed by atoms with E-state index in [-0.39, 0.29) is 17.7 Å². The number of hydrogen-bond acceptors (Lipinski definition) is 2. The van der Waals surface area contributed by atoms with E-state index in [9.17, 15) is 9.18 Å². The van der Waals surface area contributed by atoms with Gasteiger partial charge in [0.1, 0.15) is 5.82 Å². The number of benzene rings is 1. The van der Waals surface area contributed by atoms with Crippen molar-refractivity contribution >= 4 is 5.91 Å². The van der Waals surface area contributed by atoms with Gasteiger partial charge in [0.05, 0.1) is 0 Å². The SMILES string of the molecule is O=C([C@@H]1C[C@@H]1c1cccc(F)c1)N1CCC[C@H]1CN1CCCC1. The smallest absolute Gasteiger partial charge is 0.226 e. The van der Waals surface area contributed by atoms with Gasteiger partial charge in [-0.15, -0.1) is 0 Å². The fourth-order valence-corrected chi connectivity index (χ4v) is 4.37. The summed E-state index contributed by atoms with van der Waals surface area (Å²) in [5, 5.41) is 0. The van der Waals surface area contributed by atoms with E-state index in [1.54, 1.807) is 12.1 Å². The maximum absolute atomic E-state index is 13.4. The minimum atomic E-state index is -0.200. The van der Waals surface area contributed by atoms with E-state index < -0.39 is 0 Å². The molecule has 2 aliphatic heterocycles. The lowest BCUT2D eigenvalue weighted by molar-refractivity contribution is -0.133. The van der Waals surface area contributed by atoms with E-state index in [1.807, 2.05) is 6.07 Å². The Kier molecular flexibility index (Phi) is 4.10. The highest BCUT2D eigenvalue weighted by Gasteiger charge is 2.47. The second kappa shape index (κ2) is 6.23. The molecule has 0 radical (unpaired) electrons. The predicted molar refractivity (Wildman–Crippen MR) is 87.7 cm³/mol. The minimum absolute atomic E-state index is 0.0796. The molecule has 4 rings (SSSR count). The summed E-state index contributed by atoms with van der Waals surface area (Å²) in [6.45, 7) is 4.33. The van der Waals surface area contributed by atoms with Crippen molar-refractivity contribution in [3.8, 4) is 0 Å². The van der Waals surface area contributed by atoms with Gasteiger partial charge >= 0.3 is 0 Å². The van der Waals surface area contributed by atoms with Crippen LogP contribution in [-0.2, 0) is 4.79 Å². The van der Waals surface area contributed by atoms with E-state index in [1.165, 1.54) is 32.0 Å².